The van der Waals surface area contributed by atoms with Gasteiger partial charge in [0.05, 0.1) is 10.0 Å². The van der Waals surface area contributed by atoms with Gasteiger partial charge in [-0.1, -0.05) is 23.2 Å². The first-order chi connectivity index (χ1) is 10.7. The lowest BCUT2D eigenvalue weighted by atomic mass is 10.1. The van der Waals surface area contributed by atoms with E-state index in [1.165, 1.54) is 0 Å². The van der Waals surface area contributed by atoms with Gasteiger partial charge in [0.2, 0.25) is 0 Å². The molecule has 2 aromatic carbocycles. The minimum Gasteiger partial charge on any atom is -0.355 e. The second-order valence-corrected chi connectivity index (χ2v) is 5.87. The number of fused-ring (bicyclic) bond motifs is 3. The molecule has 22 heavy (non-hydrogen) atoms. The van der Waals surface area contributed by atoms with Crippen LogP contribution in [-0.4, -0.2) is 9.97 Å². The lowest BCUT2D eigenvalue weighted by Gasteiger charge is -2.07. The molecule has 2 N–H and O–H groups in total. The van der Waals surface area contributed by atoms with Crippen LogP contribution in [0.15, 0.2) is 54.9 Å². The third kappa shape index (κ3) is 2.28. The van der Waals surface area contributed by atoms with Crippen LogP contribution in [0.5, 0.6) is 0 Å². The molecule has 0 spiro atoms. The van der Waals surface area contributed by atoms with E-state index in [1.54, 1.807) is 12.3 Å². The first-order valence-corrected chi connectivity index (χ1v) is 7.54. The zero-order valence-corrected chi connectivity index (χ0v) is 12.9. The van der Waals surface area contributed by atoms with Crippen LogP contribution in [0.4, 0.5) is 11.4 Å². The largest absolute Gasteiger partial charge is 0.355 e. The molecule has 0 saturated carbocycles. The number of pyridine rings is 1. The van der Waals surface area contributed by atoms with Gasteiger partial charge in [-0.25, -0.2) is 0 Å². The second kappa shape index (κ2) is 5.20. The molecule has 4 rings (SSSR count). The predicted octanol–water partition coefficient (Wildman–Crippen LogP) is 5.77. The number of aromatic amines is 1. The Balaban J connectivity index is 1.78. The van der Waals surface area contributed by atoms with Gasteiger partial charge in [-0.15, -0.1) is 0 Å². The van der Waals surface area contributed by atoms with Crippen LogP contribution in [0.1, 0.15) is 0 Å². The van der Waals surface area contributed by atoms with E-state index >= 15 is 0 Å². The Morgan fingerprint density at radius 2 is 1.59 bits per heavy atom. The van der Waals surface area contributed by atoms with Crippen LogP contribution in [0.25, 0.3) is 21.8 Å². The number of halogens is 2. The van der Waals surface area contributed by atoms with Crippen molar-refractivity contribution >= 4 is 56.4 Å². The monoisotopic (exact) mass is 327 g/mol. The van der Waals surface area contributed by atoms with Crippen LogP contribution >= 0.6 is 23.2 Å². The van der Waals surface area contributed by atoms with E-state index in [0.717, 1.165) is 33.2 Å². The zero-order valence-electron chi connectivity index (χ0n) is 11.4. The van der Waals surface area contributed by atoms with Gasteiger partial charge in [0.1, 0.15) is 0 Å². The molecule has 108 valence electrons. The molecule has 3 nitrogen and oxygen atoms in total. The Labute approximate surface area is 136 Å². The third-order valence-corrected chi connectivity index (χ3v) is 4.35. The zero-order chi connectivity index (χ0) is 15.1. The highest BCUT2D eigenvalue weighted by atomic mass is 35.5. The molecule has 0 atom stereocenters. The quantitative estimate of drug-likeness (QED) is 0.491. The number of benzene rings is 2. The number of hydrogen-bond donors (Lipinski definition) is 2. The topological polar surface area (TPSA) is 40.7 Å². The van der Waals surface area contributed by atoms with Crippen molar-refractivity contribution in [3.63, 3.8) is 0 Å². The van der Waals surface area contributed by atoms with Crippen molar-refractivity contribution in [1.82, 2.24) is 9.97 Å². The van der Waals surface area contributed by atoms with Gasteiger partial charge in [-0.2, -0.15) is 0 Å². The fourth-order valence-corrected chi connectivity index (χ4v) is 2.86. The van der Waals surface area contributed by atoms with Gasteiger partial charge in [0, 0.05) is 45.6 Å². The third-order valence-electron chi connectivity index (χ3n) is 3.61. The van der Waals surface area contributed by atoms with Crippen molar-refractivity contribution in [3.8, 4) is 0 Å². The average molecular weight is 328 g/mol. The number of hydrogen-bond acceptors (Lipinski definition) is 2. The van der Waals surface area contributed by atoms with E-state index in [9.17, 15) is 0 Å². The summed E-state index contributed by atoms with van der Waals surface area (Å²) in [5, 5.41) is 6.66. The molecule has 2 aromatic heterocycles. The van der Waals surface area contributed by atoms with Crippen molar-refractivity contribution in [1.29, 1.82) is 0 Å². The number of nitrogens with zero attached hydrogens (tertiary/aromatic N) is 1. The van der Waals surface area contributed by atoms with Crippen LogP contribution in [0, 0.1) is 0 Å². The molecule has 0 fully saturated rings. The molecular weight excluding hydrogens is 317 g/mol. The Morgan fingerprint density at radius 1 is 0.818 bits per heavy atom. The number of rotatable bonds is 2. The van der Waals surface area contributed by atoms with Gasteiger partial charge in [-0.05, 0) is 42.5 Å². The molecular formula is C17H11Cl2N3. The normalized spacial score (nSPS) is 11.2. The molecule has 0 aliphatic heterocycles. The molecule has 2 heterocycles. The molecule has 0 aliphatic rings. The Morgan fingerprint density at radius 3 is 2.45 bits per heavy atom. The van der Waals surface area contributed by atoms with E-state index in [-0.39, 0.29) is 0 Å². The molecule has 0 aliphatic carbocycles. The second-order valence-electron chi connectivity index (χ2n) is 5.06. The fourth-order valence-electron chi connectivity index (χ4n) is 2.56. The molecule has 0 unspecified atom stereocenters. The maximum absolute atomic E-state index is 6.05. The lowest BCUT2D eigenvalue weighted by molar-refractivity contribution is 1.36. The maximum Gasteiger partial charge on any atom is 0.0612 e. The molecule has 0 saturated heterocycles. The first kappa shape index (κ1) is 13.4. The van der Waals surface area contributed by atoms with Crippen molar-refractivity contribution < 1.29 is 0 Å². The van der Waals surface area contributed by atoms with E-state index in [4.69, 9.17) is 23.2 Å². The number of anilines is 2. The Bertz CT molecular complexity index is 992. The van der Waals surface area contributed by atoms with Crippen molar-refractivity contribution in [2.75, 3.05) is 5.32 Å². The summed E-state index contributed by atoms with van der Waals surface area (Å²) in [4.78, 5) is 7.58. The Kier molecular flexibility index (Phi) is 3.17. The highest BCUT2D eigenvalue weighted by Crippen LogP contribution is 2.30. The standard InChI is InChI=1S/C17H11Cl2N3/c18-14-3-1-11(8-15(14)19)21-10-2-4-16-12(7-10)13-9-20-6-5-17(13)22-16/h1-9,21-22H. The molecule has 0 amide bonds. The molecule has 4 aromatic rings. The Hall–Kier alpha value is -2.23. The van der Waals surface area contributed by atoms with E-state index in [0.29, 0.717) is 10.0 Å². The number of H-pyrrole nitrogens is 1. The number of aromatic nitrogens is 2. The van der Waals surface area contributed by atoms with E-state index in [2.05, 4.69) is 27.4 Å². The summed E-state index contributed by atoms with van der Waals surface area (Å²) in [5.41, 5.74) is 4.04. The van der Waals surface area contributed by atoms with Crippen molar-refractivity contribution in [2.45, 2.75) is 0 Å². The van der Waals surface area contributed by atoms with Crippen LogP contribution in [0.3, 0.4) is 0 Å². The smallest absolute Gasteiger partial charge is 0.0612 e. The van der Waals surface area contributed by atoms with E-state index < -0.39 is 0 Å². The summed E-state index contributed by atoms with van der Waals surface area (Å²) in [5.74, 6) is 0. The van der Waals surface area contributed by atoms with Gasteiger partial charge in [0.25, 0.3) is 0 Å². The van der Waals surface area contributed by atoms with Crippen molar-refractivity contribution in [2.24, 2.45) is 0 Å². The highest BCUT2D eigenvalue weighted by molar-refractivity contribution is 6.42. The van der Waals surface area contributed by atoms with Crippen LogP contribution in [-0.2, 0) is 0 Å². The summed E-state index contributed by atoms with van der Waals surface area (Å²) in [6.07, 6.45) is 3.66. The van der Waals surface area contributed by atoms with Crippen molar-refractivity contribution in [3.05, 3.63) is 64.9 Å². The summed E-state index contributed by atoms with van der Waals surface area (Å²) < 4.78 is 0. The van der Waals surface area contributed by atoms with Crippen LogP contribution in [0.2, 0.25) is 10.0 Å². The molecule has 5 heteroatoms. The minimum atomic E-state index is 0.532. The fraction of sp³-hybridized carbons (Fsp3) is 0. The van der Waals surface area contributed by atoms with Gasteiger partial charge in [0.15, 0.2) is 0 Å². The van der Waals surface area contributed by atoms with Crippen LogP contribution < -0.4 is 5.32 Å². The highest BCUT2D eigenvalue weighted by Gasteiger charge is 2.06. The summed E-state index contributed by atoms with van der Waals surface area (Å²) in [7, 11) is 0. The summed E-state index contributed by atoms with van der Waals surface area (Å²) >= 11 is 12.0. The first-order valence-electron chi connectivity index (χ1n) is 6.78. The molecule has 0 bridgehead atoms. The predicted molar refractivity (Wildman–Crippen MR) is 93.3 cm³/mol. The van der Waals surface area contributed by atoms with Gasteiger partial charge < -0.3 is 10.3 Å². The van der Waals surface area contributed by atoms with Gasteiger partial charge in [-0.3, -0.25) is 4.98 Å². The number of nitrogens with one attached hydrogen (secondary N) is 2. The minimum absolute atomic E-state index is 0.532. The average Bonchev–Trinajstić information content (AvgIpc) is 2.89. The lowest BCUT2D eigenvalue weighted by Crippen LogP contribution is -1.89. The van der Waals surface area contributed by atoms with Gasteiger partial charge >= 0.3 is 0 Å². The summed E-state index contributed by atoms with van der Waals surface area (Å²) in [6.45, 7) is 0. The SMILES string of the molecule is Clc1ccc(Nc2ccc3[nH]c4ccncc4c3c2)cc1Cl. The van der Waals surface area contributed by atoms with E-state index in [1.807, 2.05) is 30.5 Å². The maximum atomic E-state index is 6.05. The molecule has 0 radical (unpaired) electrons. The summed E-state index contributed by atoms with van der Waals surface area (Å²) in [6, 6.07) is 13.6.